The van der Waals surface area contributed by atoms with Gasteiger partial charge in [-0.3, -0.25) is 0 Å². The van der Waals surface area contributed by atoms with E-state index in [0.717, 1.165) is 10.0 Å². The summed E-state index contributed by atoms with van der Waals surface area (Å²) < 4.78 is 0.866. The van der Waals surface area contributed by atoms with E-state index in [4.69, 9.17) is 16.7 Å². The van der Waals surface area contributed by atoms with Crippen LogP contribution in [0, 0.1) is 0 Å². The molecule has 2 aromatic rings. The Hall–Kier alpha value is -1.46. The zero-order valence-corrected chi connectivity index (χ0v) is 10.7. The molecule has 0 saturated carbocycles. The lowest BCUT2D eigenvalue weighted by atomic mass is 10.2. The maximum absolute atomic E-state index is 10.9. The molecule has 4 nitrogen and oxygen atoms in total. The standard InChI is InChI=1S/C11H6BrClN2O2/c12-7-3-1-2-6(4-7)10-14-5-8(13)9(15-10)11(16)17/h1-5H,(H,16,17). The van der Waals surface area contributed by atoms with Gasteiger partial charge in [-0.25, -0.2) is 14.8 Å². The number of carboxylic acids is 1. The first-order valence-electron chi connectivity index (χ1n) is 4.59. The van der Waals surface area contributed by atoms with Crippen molar-refractivity contribution in [2.45, 2.75) is 0 Å². The average molecular weight is 314 g/mol. The summed E-state index contributed by atoms with van der Waals surface area (Å²) in [4.78, 5) is 18.8. The molecule has 1 N–H and O–H groups in total. The highest BCUT2D eigenvalue weighted by molar-refractivity contribution is 9.10. The molecule has 0 bridgehead atoms. The molecule has 0 radical (unpaired) electrons. The molecule has 0 aliphatic carbocycles. The number of nitrogens with zero attached hydrogens (tertiary/aromatic N) is 2. The molecule has 17 heavy (non-hydrogen) atoms. The highest BCUT2D eigenvalue weighted by Crippen LogP contribution is 2.22. The largest absolute Gasteiger partial charge is 0.476 e. The number of hydrogen-bond acceptors (Lipinski definition) is 3. The van der Waals surface area contributed by atoms with E-state index in [1.807, 2.05) is 12.1 Å². The topological polar surface area (TPSA) is 63.1 Å². The third-order valence-electron chi connectivity index (χ3n) is 2.03. The lowest BCUT2D eigenvalue weighted by Gasteiger charge is -2.03. The lowest BCUT2D eigenvalue weighted by Crippen LogP contribution is -2.03. The third kappa shape index (κ3) is 2.62. The van der Waals surface area contributed by atoms with Crippen molar-refractivity contribution in [3.8, 4) is 11.4 Å². The maximum Gasteiger partial charge on any atom is 0.356 e. The molecule has 0 aliphatic heterocycles. The van der Waals surface area contributed by atoms with Gasteiger partial charge in [-0.1, -0.05) is 39.7 Å². The van der Waals surface area contributed by atoms with Crippen LogP contribution in [-0.2, 0) is 0 Å². The smallest absolute Gasteiger partial charge is 0.356 e. The zero-order valence-electron chi connectivity index (χ0n) is 8.39. The monoisotopic (exact) mass is 312 g/mol. The van der Waals surface area contributed by atoms with Gasteiger partial charge in [0.25, 0.3) is 0 Å². The SMILES string of the molecule is O=C(O)c1nc(-c2cccc(Br)c2)ncc1Cl. The molecule has 1 heterocycles. The van der Waals surface area contributed by atoms with Crippen molar-refractivity contribution < 1.29 is 9.90 Å². The molecule has 0 saturated heterocycles. The van der Waals surface area contributed by atoms with Crippen molar-refractivity contribution in [2.24, 2.45) is 0 Å². The summed E-state index contributed by atoms with van der Waals surface area (Å²) in [5.74, 6) is -0.846. The van der Waals surface area contributed by atoms with Crippen molar-refractivity contribution in [3.05, 3.63) is 45.7 Å². The van der Waals surface area contributed by atoms with Gasteiger partial charge in [-0.15, -0.1) is 0 Å². The summed E-state index contributed by atoms with van der Waals surface area (Å²) in [6, 6.07) is 7.27. The van der Waals surface area contributed by atoms with E-state index < -0.39 is 5.97 Å². The molecule has 86 valence electrons. The minimum atomic E-state index is -1.17. The van der Waals surface area contributed by atoms with Crippen molar-refractivity contribution in [1.29, 1.82) is 0 Å². The minimum absolute atomic E-state index is 0.0243. The summed E-state index contributed by atoms with van der Waals surface area (Å²) in [5, 5.41) is 8.93. The Kier molecular flexibility index (Phi) is 3.40. The molecule has 6 heteroatoms. The van der Waals surface area contributed by atoms with E-state index in [2.05, 4.69) is 25.9 Å². The molecular weight excluding hydrogens is 307 g/mol. The molecule has 0 atom stereocenters. The Balaban J connectivity index is 2.54. The average Bonchev–Trinajstić information content (AvgIpc) is 2.29. The second-order valence-electron chi connectivity index (χ2n) is 3.21. The molecule has 2 rings (SSSR count). The van der Waals surface area contributed by atoms with Crippen LogP contribution in [0.4, 0.5) is 0 Å². The molecule has 0 unspecified atom stereocenters. The van der Waals surface area contributed by atoms with Gasteiger partial charge in [0.05, 0.1) is 11.2 Å². The first-order chi connectivity index (χ1) is 8.08. The van der Waals surface area contributed by atoms with Crippen LogP contribution in [0.15, 0.2) is 34.9 Å². The van der Waals surface area contributed by atoms with Crippen LogP contribution in [0.1, 0.15) is 10.5 Å². The Morgan fingerprint density at radius 2 is 2.18 bits per heavy atom. The molecule has 0 fully saturated rings. The number of aromatic nitrogens is 2. The van der Waals surface area contributed by atoms with Crippen LogP contribution >= 0.6 is 27.5 Å². The molecular formula is C11H6BrClN2O2. The summed E-state index contributed by atoms with van der Waals surface area (Å²) in [5.41, 5.74) is 0.523. The van der Waals surface area contributed by atoms with Gasteiger partial charge < -0.3 is 5.11 Å². The molecule has 0 spiro atoms. The first-order valence-corrected chi connectivity index (χ1v) is 5.77. The number of hydrogen-bond donors (Lipinski definition) is 1. The van der Waals surface area contributed by atoms with Crippen LogP contribution in [0.2, 0.25) is 5.02 Å². The number of rotatable bonds is 2. The zero-order chi connectivity index (χ0) is 12.4. The second-order valence-corrected chi connectivity index (χ2v) is 4.53. The van der Waals surface area contributed by atoms with E-state index in [-0.39, 0.29) is 10.7 Å². The van der Waals surface area contributed by atoms with Crippen LogP contribution in [0.25, 0.3) is 11.4 Å². The van der Waals surface area contributed by atoms with Crippen LogP contribution in [0.3, 0.4) is 0 Å². The summed E-state index contributed by atoms with van der Waals surface area (Å²) in [6.45, 7) is 0. The Morgan fingerprint density at radius 3 is 2.82 bits per heavy atom. The number of carbonyl (C=O) groups is 1. The third-order valence-corrected chi connectivity index (χ3v) is 2.80. The predicted molar refractivity (Wildman–Crippen MR) is 67.1 cm³/mol. The highest BCUT2D eigenvalue weighted by atomic mass is 79.9. The maximum atomic E-state index is 10.9. The van der Waals surface area contributed by atoms with Crippen molar-refractivity contribution >= 4 is 33.5 Å². The normalized spacial score (nSPS) is 10.2. The van der Waals surface area contributed by atoms with Gasteiger partial charge in [-0.2, -0.15) is 0 Å². The van der Waals surface area contributed by atoms with Gasteiger partial charge in [0.15, 0.2) is 11.5 Å². The van der Waals surface area contributed by atoms with Gasteiger partial charge >= 0.3 is 5.97 Å². The Labute approximate surface area is 110 Å². The molecule has 0 amide bonds. The number of aromatic carboxylic acids is 1. The van der Waals surface area contributed by atoms with Crippen molar-refractivity contribution in [2.75, 3.05) is 0 Å². The summed E-state index contributed by atoms with van der Waals surface area (Å²) in [7, 11) is 0. The first kappa shape index (κ1) is 12.0. The number of halogens is 2. The van der Waals surface area contributed by atoms with E-state index in [1.54, 1.807) is 12.1 Å². The fourth-order valence-corrected chi connectivity index (χ4v) is 1.85. The van der Waals surface area contributed by atoms with E-state index in [9.17, 15) is 4.79 Å². The predicted octanol–water partition coefficient (Wildman–Crippen LogP) is 3.26. The fraction of sp³-hybridized carbons (Fsp3) is 0. The van der Waals surface area contributed by atoms with Gasteiger partial charge in [0.1, 0.15) is 0 Å². The molecule has 1 aromatic heterocycles. The summed E-state index contributed by atoms with van der Waals surface area (Å²) >= 11 is 9.02. The van der Waals surface area contributed by atoms with E-state index >= 15 is 0 Å². The van der Waals surface area contributed by atoms with Gasteiger partial charge in [-0.05, 0) is 12.1 Å². The summed E-state index contributed by atoms with van der Waals surface area (Å²) in [6.07, 6.45) is 1.29. The van der Waals surface area contributed by atoms with Crippen LogP contribution < -0.4 is 0 Å². The van der Waals surface area contributed by atoms with Crippen LogP contribution in [0.5, 0.6) is 0 Å². The van der Waals surface area contributed by atoms with Crippen molar-refractivity contribution in [1.82, 2.24) is 9.97 Å². The van der Waals surface area contributed by atoms with E-state index in [0.29, 0.717) is 5.82 Å². The van der Waals surface area contributed by atoms with Crippen LogP contribution in [-0.4, -0.2) is 21.0 Å². The fourth-order valence-electron chi connectivity index (χ4n) is 1.28. The lowest BCUT2D eigenvalue weighted by molar-refractivity contribution is 0.0690. The molecule has 1 aromatic carbocycles. The number of benzene rings is 1. The number of carboxylic acid groups (broad SMARTS) is 1. The van der Waals surface area contributed by atoms with Crippen molar-refractivity contribution in [3.63, 3.8) is 0 Å². The van der Waals surface area contributed by atoms with Gasteiger partial charge in [0.2, 0.25) is 0 Å². The quantitative estimate of drug-likeness (QED) is 0.924. The minimum Gasteiger partial charge on any atom is -0.476 e. The highest BCUT2D eigenvalue weighted by Gasteiger charge is 2.13. The molecule has 0 aliphatic rings. The van der Waals surface area contributed by atoms with E-state index in [1.165, 1.54) is 6.20 Å². The van der Waals surface area contributed by atoms with Gasteiger partial charge in [0, 0.05) is 10.0 Å². The second kappa shape index (κ2) is 4.81. The Morgan fingerprint density at radius 1 is 1.41 bits per heavy atom. The Bertz CT molecular complexity index is 589.